The van der Waals surface area contributed by atoms with E-state index >= 15 is 0 Å². The van der Waals surface area contributed by atoms with Crippen LogP contribution in [-0.2, 0) is 9.84 Å². The second-order valence-electron chi connectivity index (χ2n) is 5.62. The van der Waals surface area contributed by atoms with Crippen LogP contribution in [0.2, 0.25) is 0 Å². The first-order chi connectivity index (χ1) is 10.9. The van der Waals surface area contributed by atoms with E-state index in [2.05, 4.69) is 10.6 Å². The van der Waals surface area contributed by atoms with E-state index in [0.29, 0.717) is 24.3 Å². The van der Waals surface area contributed by atoms with Gasteiger partial charge in [-0.15, -0.1) is 0 Å². The van der Waals surface area contributed by atoms with Gasteiger partial charge in [0.2, 0.25) is 0 Å². The number of aliphatic hydroxyl groups excluding tert-OH is 1. The Morgan fingerprint density at radius 3 is 2.78 bits per heavy atom. The highest BCUT2D eigenvalue weighted by Gasteiger charge is 2.27. The second kappa shape index (κ2) is 7.65. The summed E-state index contributed by atoms with van der Waals surface area (Å²) in [5, 5.41) is 15.3. The SMILES string of the molecule is COc1ccccc1[C@@H](O)CNC(=O)NC[C@H]1CCS(=O)(=O)C1. The molecule has 2 rings (SSSR count). The highest BCUT2D eigenvalue weighted by atomic mass is 32.2. The van der Waals surface area contributed by atoms with Gasteiger partial charge in [0.15, 0.2) is 9.84 Å². The Kier molecular flexibility index (Phi) is 5.84. The van der Waals surface area contributed by atoms with Crippen LogP contribution in [0.5, 0.6) is 5.75 Å². The molecule has 1 saturated heterocycles. The van der Waals surface area contributed by atoms with E-state index in [0.717, 1.165) is 0 Å². The lowest BCUT2D eigenvalue weighted by Crippen LogP contribution is -2.40. The molecule has 0 unspecified atom stereocenters. The van der Waals surface area contributed by atoms with Crippen molar-refractivity contribution >= 4 is 15.9 Å². The van der Waals surface area contributed by atoms with Crippen molar-refractivity contribution in [3.8, 4) is 5.75 Å². The zero-order valence-electron chi connectivity index (χ0n) is 13.0. The first-order valence-corrected chi connectivity index (χ1v) is 9.26. The van der Waals surface area contributed by atoms with Crippen LogP contribution >= 0.6 is 0 Å². The third kappa shape index (κ3) is 5.11. The number of carbonyl (C=O) groups is 1. The zero-order valence-corrected chi connectivity index (χ0v) is 13.8. The fraction of sp³-hybridized carbons (Fsp3) is 0.533. The van der Waals surface area contributed by atoms with Crippen LogP contribution in [0.3, 0.4) is 0 Å². The summed E-state index contributed by atoms with van der Waals surface area (Å²) in [5.74, 6) is 0.827. The van der Waals surface area contributed by atoms with Gasteiger partial charge in [0.25, 0.3) is 0 Å². The molecule has 1 aliphatic rings. The monoisotopic (exact) mass is 342 g/mol. The first-order valence-electron chi connectivity index (χ1n) is 7.44. The number of benzene rings is 1. The van der Waals surface area contributed by atoms with Crippen LogP contribution in [0.25, 0.3) is 0 Å². The molecule has 128 valence electrons. The molecule has 23 heavy (non-hydrogen) atoms. The van der Waals surface area contributed by atoms with Gasteiger partial charge in [-0.25, -0.2) is 13.2 Å². The fourth-order valence-corrected chi connectivity index (χ4v) is 4.44. The van der Waals surface area contributed by atoms with Crippen molar-refractivity contribution in [3.05, 3.63) is 29.8 Å². The lowest BCUT2D eigenvalue weighted by atomic mass is 10.1. The second-order valence-corrected chi connectivity index (χ2v) is 7.85. The van der Waals surface area contributed by atoms with Crippen LogP contribution in [0.15, 0.2) is 24.3 Å². The molecule has 1 heterocycles. The number of nitrogens with one attached hydrogen (secondary N) is 2. The summed E-state index contributed by atoms with van der Waals surface area (Å²) in [4.78, 5) is 11.7. The molecule has 0 bridgehead atoms. The van der Waals surface area contributed by atoms with E-state index in [4.69, 9.17) is 4.74 Å². The topological polar surface area (TPSA) is 105 Å². The third-order valence-corrected chi connectivity index (χ3v) is 5.67. The number of para-hydroxylation sites is 1. The molecule has 1 aromatic carbocycles. The minimum Gasteiger partial charge on any atom is -0.496 e. The molecule has 3 N–H and O–H groups in total. The summed E-state index contributed by atoms with van der Waals surface area (Å²) >= 11 is 0. The number of methoxy groups -OCH3 is 1. The minimum absolute atomic E-state index is 0.0369. The predicted molar refractivity (Wildman–Crippen MR) is 86.1 cm³/mol. The van der Waals surface area contributed by atoms with Gasteiger partial charge < -0.3 is 20.5 Å². The lowest BCUT2D eigenvalue weighted by molar-refractivity contribution is 0.169. The van der Waals surface area contributed by atoms with Crippen molar-refractivity contribution in [2.75, 3.05) is 31.7 Å². The summed E-state index contributed by atoms with van der Waals surface area (Å²) in [6.45, 7) is 0.352. The van der Waals surface area contributed by atoms with Gasteiger partial charge in [-0.05, 0) is 18.4 Å². The number of ether oxygens (including phenoxy) is 1. The maximum atomic E-state index is 11.7. The number of hydrogen-bond donors (Lipinski definition) is 3. The van der Waals surface area contributed by atoms with Gasteiger partial charge in [0, 0.05) is 18.7 Å². The highest BCUT2D eigenvalue weighted by molar-refractivity contribution is 7.91. The Balaban J connectivity index is 1.76. The zero-order chi connectivity index (χ0) is 16.9. The van der Waals surface area contributed by atoms with Crippen LogP contribution in [-0.4, -0.2) is 51.3 Å². The number of carbonyl (C=O) groups excluding carboxylic acids is 1. The number of urea groups is 1. The molecule has 2 atom stereocenters. The van der Waals surface area contributed by atoms with Gasteiger partial charge in [-0.1, -0.05) is 18.2 Å². The third-order valence-electron chi connectivity index (χ3n) is 3.83. The summed E-state index contributed by atoms with van der Waals surface area (Å²) in [6.07, 6.45) is -0.310. The Labute approximate surface area is 136 Å². The summed E-state index contributed by atoms with van der Waals surface area (Å²) < 4.78 is 27.9. The molecule has 7 nitrogen and oxygen atoms in total. The number of sulfone groups is 1. The van der Waals surface area contributed by atoms with Gasteiger partial charge in [-0.3, -0.25) is 0 Å². The van der Waals surface area contributed by atoms with Crippen molar-refractivity contribution < 1.29 is 23.1 Å². The molecule has 1 fully saturated rings. The maximum absolute atomic E-state index is 11.7. The maximum Gasteiger partial charge on any atom is 0.314 e. The normalized spacial score (nSPS) is 20.7. The van der Waals surface area contributed by atoms with Crippen molar-refractivity contribution in [2.24, 2.45) is 5.92 Å². The minimum atomic E-state index is -2.94. The van der Waals surface area contributed by atoms with E-state index in [1.54, 1.807) is 24.3 Å². The van der Waals surface area contributed by atoms with Crippen LogP contribution < -0.4 is 15.4 Å². The van der Waals surface area contributed by atoms with E-state index in [1.807, 2.05) is 0 Å². The van der Waals surface area contributed by atoms with Crippen molar-refractivity contribution in [3.63, 3.8) is 0 Å². The molecule has 0 saturated carbocycles. The van der Waals surface area contributed by atoms with Gasteiger partial charge in [0.05, 0.1) is 24.7 Å². The molecule has 8 heteroatoms. The quantitative estimate of drug-likeness (QED) is 0.697. The molecule has 1 aromatic rings. The summed E-state index contributed by atoms with van der Waals surface area (Å²) in [7, 11) is -1.42. The van der Waals surface area contributed by atoms with Crippen LogP contribution in [0.4, 0.5) is 4.79 Å². The molecule has 0 aromatic heterocycles. The number of aliphatic hydroxyl groups is 1. The first kappa shape index (κ1) is 17.6. The van der Waals surface area contributed by atoms with E-state index in [1.165, 1.54) is 7.11 Å². The fourth-order valence-electron chi connectivity index (χ4n) is 2.57. The van der Waals surface area contributed by atoms with Crippen molar-refractivity contribution in [2.45, 2.75) is 12.5 Å². The van der Waals surface area contributed by atoms with Crippen LogP contribution in [0.1, 0.15) is 18.1 Å². The van der Waals surface area contributed by atoms with Crippen molar-refractivity contribution in [1.29, 1.82) is 0 Å². The van der Waals surface area contributed by atoms with E-state index in [-0.39, 0.29) is 24.0 Å². The standard InChI is InChI=1S/C15H22N2O5S/c1-22-14-5-3-2-4-12(14)13(18)9-17-15(19)16-8-11-6-7-23(20,21)10-11/h2-5,11,13,18H,6-10H2,1H3,(H2,16,17,19)/t11-,13+/m1/s1. The average molecular weight is 342 g/mol. The van der Waals surface area contributed by atoms with Gasteiger partial charge in [-0.2, -0.15) is 0 Å². The van der Waals surface area contributed by atoms with Crippen molar-refractivity contribution in [1.82, 2.24) is 10.6 Å². The average Bonchev–Trinajstić information content (AvgIpc) is 2.89. The number of rotatable bonds is 6. The predicted octanol–water partition coefficient (Wildman–Crippen LogP) is 0.463. The van der Waals surface area contributed by atoms with E-state index < -0.39 is 22.0 Å². The molecule has 0 spiro atoms. The Morgan fingerprint density at radius 1 is 1.39 bits per heavy atom. The molecule has 0 radical (unpaired) electrons. The number of amides is 2. The van der Waals surface area contributed by atoms with Crippen LogP contribution in [0, 0.1) is 5.92 Å². The Morgan fingerprint density at radius 2 is 2.13 bits per heavy atom. The summed E-state index contributed by atoms with van der Waals surface area (Å²) in [6, 6.07) is 6.61. The largest absolute Gasteiger partial charge is 0.496 e. The highest BCUT2D eigenvalue weighted by Crippen LogP contribution is 2.24. The molecular formula is C15H22N2O5S. The van der Waals surface area contributed by atoms with E-state index in [9.17, 15) is 18.3 Å². The number of hydrogen-bond acceptors (Lipinski definition) is 5. The Hall–Kier alpha value is -1.80. The summed E-state index contributed by atoms with van der Waals surface area (Å²) in [5.41, 5.74) is 0.595. The molecule has 0 aliphatic carbocycles. The molecule has 1 aliphatic heterocycles. The molecule has 2 amide bonds. The van der Waals surface area contributed by atoms with Gasteiger partial charge in [0.1, 0.15) is 5.75 Å². The lowest BCUT2D eigenvalue weighted by Gasteiger charge is -2.16. The smallest absolute Gasteiger partial charge is 0.314 e. The van der Waals surface area contributed by atoms with Gasteiger partial charge >= 0.3 is 6.03 Å². The Bertz CT molecular complexity index is 647. The molecular weight excluding hydrogens is 320 g/mol.